The number of carbonyl (C=O) groups excluding carboxylic acids is 3. The van der Waals surface area contributed by atoms with Crippen LogP contribution in [0, 0.1) is 11.3 Å². The van der Waals surface area contributed by atoms with Crippen LogP contribution in [0.3, 0.4) is 0 Å². The Balaban J connectivity index is 1.66. The SMILES string of the molecule is CC(C)(CCCCCC1CCCCC1)C(=O)C(=O)OC(=O)C1CCCCN1. The zero-order valence-electron chi connectivity index (χ0n) is 17.2. The average Bonchev–Trinajstić information content (AvgIpc) is 2.68. The summed E-state index contributed by atoms with van der Waals surface area (Å²) in [6.07, 6.45) is 14.7. The number of ketones is 1. The van der Waals surface area contributed by atoms with E-state index < -0.39 is 29.2 Å². The van der Waals surface area contributed by atoms with Crippen molar-refractivity contribution in [3.05, 3.63) is 0 Å². The maximum atomic E-state index is 12.4. The monoisotopic (exact) mass is 379 g/mol. The molecule has 2 aliphatic rings. The first-order chi connectivity index (χ1) is 12.9. The molecule has 1 aliphatic heterocycles. The zero-order chi connectivity index (χ0) is 19.7. The number of piperidine rings is 1. The Labute approximate surface area is 164 Å². The van der Waals surface area contributed by atoms with Crippen molar-refractivity contribution >= 4 is 17.7 Å². The van der Waals surface area contributed by atoms with E-state index in [4.69, 9.17) is 4.74 Å². The highest BCUT2D eigenvalue weighted by Gasteiger charge is 2.36. The van der Waals surface area contributed by atoms with E-state index >= 15 is 0 Å². The first-order valence-electron chi connectivity index (χ1n) is 10.9. The summed E-state index contributed by atoms with van der Waals surface area (Å²) >= 11 is 0. The predicted molar refractivity (Wildman–Crippen MR) is 105 cm³/mol. The molecule has 1 N–H and O–H groups in total. The van der Waals surface area contributed by atoms with Gasteiger partial charge in [0, 0.05) is 5.41 Å². The topological polar surface area (TPSA) is 72.5 Å². The summed E-state index contributed by atoms with van der Waals surface area (Å²) in [5, 5.41) is 3.04. The number of rotatable bonds is 9. The highest BCUT2D eigenvalue weighted by atomic mass is 16.6. The fraction of sp³-hybridized carbons (Fsp3) is 0.864. The number of esters is 2. The lowest BCUT2D eigenvalue weighted by molar-refractivity contribution is -0.168. The van der Waals surface area contributed by atoms with Gasteiger partial charge >= 0.3 is 11.9 Å². The van der Waals surface area contributed by atoms with Crippen LogP contribution >= 0.6 is 0 Å². The van der Waals surface area contributed by atoms with Crippen molar-refractivity contribution < 1.29 is 19.1 Å². The van der Waals surface area contributed by atoms with Crippen LogP contribution in [0.5, 0.6) is 0 Å². The molecule has 1 unspecified atom stereocenters. The first-order valence-corrected chi connectivity index (χ1v) is 10.9. The minimum absolute atomic E-state index is 0.460. The van der Waals surface area contributed by atoms with Crippen molar-refractivity contribution in [1.29, 1.82) is 0 Å². The first kappa shape index (κ1) is 22.1. The van der Waals surface area contributed by atoms with Crippen LogP contribution in [-0.4, -0.2) is 30.3 Å². The van der Waals surface area contributed by atoms with E-state index in [1.165, 1.54) is 44.9 Å². The molecule has 0 aromatic heterocycles. The van der Waals surface area contributed by atoms with Gasteiger partial charge in [0.2, 0.25) is 5.78 Å². The second-order valence-electron chi connectivity index (χ2n) is 9.03. The second-order valence-corrected chi connectivity index (χ2v) is 9.03. The molecule has 154 valence electrons. The van der Waals surface area contributed by atoms with Gasteiger partial charge in [-0.2, -0.15) is 0 Å². The molecule has 1 atom stereocenters. The van der Waals surface area contributed by atoms with Crippen molar-refractivity contribution in [1.82, 2.24) is 5.32 Å². The molecule has 5 heteroatoms. The van der Waals surface area contributed by atoms with Crippen LogP contribution in [0.1, 0.15) is 97.3 Å². The van der Waals surface area contributed by atoms with E-state index in [0.717, 1.165) is 38.1 Å². The molecule has 0 spiro atoms. The zero-order valence-corrected chi connectivity index (χ0v) is 17.2. The van der Waals surface area contributed by atoms with Gasteiger partial charge in [-0.1, -0.05) is 78.1 Å². The molecule has 2 rings (SSSR count). The van der Waals surface area contributed by atoms with E-state index in [2.05, 4.69) is 5.32 Å². The number of unbranched alkanes of at least 4 members (excludes halogenated alkanes) is 2. The lowest BCUT2D eigenvalue weighted by atomic mass is 9.81. The molecule has 5 nitrogen and oxygen atoms in total. The molecular formula is C22H37NO4. The predicted octanol–water partition coefficient (Wildman–Crippen LogP) is 4.32. The molecule has 1 saturated carbocycles. The van der Waals surface area contributed by atoms with Gasteiger partial charge in [-0.15, -0.1) is 0 Å². The maximum Gasteiger partial charge on any atom is 0.382 e. The summed E-state index contributed by atoms with van der Waals surface area (Å²) in [5.74, 6) is -1.31. The minimum atomic E-state index is -1.00. The Morgan fingerprint density at radius 3 is 2.30 bits per heavy atom. The van der Waals surface area contributed by atoms with E-state index in [1.54, 1.807) is 13.8 Å². The van der Waals surface area contributed by atoms with Gasteiger partial charge in [0.25, 0.3) is 0 Å². The van der Waals surface area contributed by atoms with Gasteiger partial charge in [0.15, 0.2) is 0 Å². The van der Waals surface area contributed by atoms with Gasteiger partial charge in [0.05, 0.1) is 0 Å². The summed E-state index contributed by atoms with van der Waals surface area (Å²) < 4.78 is 4.85. The molecule has 1 saturated heterocycles. The molecule has 0 amide bonds. The Morgan fingerprint density at radius 2 is 1.63 bits per heavy atom. The number of Topliss-reactive ketones (excluding diaryl/α,β-unsaturated/α-hetero) is 1. The third-order valence-corrected chi connectivity index (χ3v) is 6.23. The number of hydrogen-bond acceptors (Lipinski definition) is 5. The fourth-order valence-electron chi connectivity index (χ4n) is 4.30. The molecule has 0 aromatic carbocycles. The van der Waals surface area contributed by atoms with Gasteiger partial charge < -0.3 is 10.1 Å². The van der Waals surface area contributed by atoms with Crippen molar-refractivity contribution in [2.24, 2.45) is 11.3 Å². The van der Waals surface area contributed by atoms with Crippen LogP contribution in [-0.2, 0) is 19.1 Å². The third-order valence-electron chi connectivity index (χ3n) is 6.23. The molecule has 0 radical (unpaired) electrons. The lowest BCUT2D eigenvalue weighted by Gasteiger charge is -2.24. The van der Waals surface area contributed by atoms with Crippen LogP contribution in [0.15, 0.2) is 0 Å². The van der Waals surface area contributed by atoms with Gasteiger partial charge in [-0.05, 0) is 31.7 Å². The third kappa shape index (κ3) is 7.36. The minimum Gasteiger partial charge on any atom is -0.386 e. The van der Waals surface area contributed by atoms with Crippen molar-refractivity contribution in [2.45, 2.75) is 103 Å². The fourth-order valence-corrected chi connectivity index (χ4v) is 4.30. The smallest absolute Gasteiger partial charge is 0.382 e. The summed E-state index contributed by atoms with van der Waals surface area (Å²) in [6.45, 7) is 4.30. The van der Waals surface area contributed by atoms with Crippen LogP contribution < -0.4 is 5.32 Å². The molecule has 0 bridgehead atoms. The summed E-state index contributed by atoms with van der Waals surface area (Å²) in [4.78, 5) is 36.6. The maximum absolute atomic E-state index is 12.4. The van der Waals surface area contributed by atoms with Crippen molar-refractivity contribution in [2.75, 3.05) is 6.54 Å². The molecule has 2 fully saturated rings. The number of ether oxygens (including phenoxy) is 1. The van der Waals surface area contributed by atoms with E-state index in [9.17, 15) is 14.4 Å². The average molecular weight is 380 g/mol. The number of hydrogen-bond donors (Lipinski definition) is 1. The molecule has 1 heterocycles. The summed E-state index contributed by atoms with van der Waals surface area (Å²) in [6, 6.07) is -0.460. The molecule has 1 aliphatic carbocycles. The Kier molecular flexibility index (Phi) is 8.94. The summed E-state index contributed by atoms with van der Waals surface area (Å²) in [7, 11) is 0. The van der Waals surface area contributed by atoms with E-state index in [-0.39, 0.29) is 0 Å². The second kappa shape index (κ2) is 10.9. The number of carbonyl (C=O) groups is 3. The highest BCUT2D eigenvalue weighted by molar-refractivity contribution is 6.37. The lowest BCUT2D eigenvalue weighted by Crippen LogP contribution is -2.44. The van der Waals surface area contributed by atoms with Crippen molar-refractivity contribution in [3.63, 3.8) is 0 Å². The highest BCUT2D eigenvalue weighted by Crippen LogP contribution is 2.30. The Morgan fingerprint density at radius 1 is 0.926 bits per heavy atom. The molecule has 27 heavy (non-hydrogen) atoms. The van der Waals surface area contributed by atoms with Crippen LogP contribution in [0.25, 0.3) is 0 Å². The molecule has 0 aromatic rings. The normalized spacial score (nSPS) is 21.6. The van der Waals surface area contributed by atoms with E-state index in [1.807, 2.05) is 0 Å². The Hall–Kier alpha value is -1.23. The van der Waals surface area contributed by atoms with Gasteiger partial charge in [-0.25, -0.2) is 9.59 Å². The van der Waals surface area contributed by atoms with Crippen molar-refractivity contribution in [3.8, 4) is 0 Å². The van der Waals surface area contributed by atoms with Gasteiger partial charge in [-0.3, -0.25) is 4.79 Å². The standard InChI is InChI=1S/C22H37NO4/c1-22(2,15-9-4-7-13-17-11-5-3-6-12-17)19(24)21(26)27-20(25)18-14-8-10-16-23-18/h17-18,23H,3-16H2,1-2H3. The quantitative estimate of drug-likeness (QED) is 0.279. The van der Waals surface area contributed by atoms with Crippen LogP contribution in [0.4, 0.5) is 0 Å². The number of nitrogens with one attached hydrogen (secondary N) is 1. The van der Waals surface area contributed by atoms with Crippen LogP contribution in [0.2, 0.25) is 0 Å². The Bertz CT molecular complexity index is 502. The molecular weight excluding hydrogens is 342 g/mol. The van der Waals surface area contributed by atoms with Gasteiger partial charge in [0.1, 0.15) is 6.04 Å². The summed E-state index contributed by atoms with van der Waals surface area (Å²) in [5.41, 5.74) is -0.776. The largest absolute Gasteiger partial charge is 0.386 e. The van der Waals surface area contributed by atoms with E-state index in [0.29, 0.717) is 12.8 Å².